The zero-order valence-electron chi connectivity index (χ0n) is 10.6. The van der Waals surface area contributed by atoms with Gasteiger partial charge < -0.3 is 15.2 Å². The van der Waals surface area contributed by atoms with Crippen molar-refractivity contribution in [3.8, 4) is 5.75 Å². The lowest BCUT2D eigenvalue weighted by Gasteiger charge is -2.08. The highest BCUT2D eigenvalue weighted by Gasteiger charge is 2.13. The van der Waals surface area contributed by atoms with E-state index in [9.17, 15) is 9.59 Å². The normalized spacial score (nSPS) is 10.1. The molecule has 20 heavy (non-hydrogen) atoms. The van der Waals surface area contributed by atoms with E-state index in [1.54, 1.807) is 24.3 Å². The quantitative estimate of drug-likeness (QED) is 0.829. The standard InChI is InChI=1S/C12H12N4O4/c1-20-10-5-3-2-4-8(10)13-12(19)9-6-16(15-14-9)7-11(17)18/h2-6H,7H2,1H3,(H,13,19)(H,17,18). The fourth-order valence-electron chi connectivity index (χ4n) is 1.55. The van der Waals surface area contributed by atoms with Crippen molar-refractivity contribution >= 4 is 17.6 Å². The molecule has 1 heterocycles. The molecule has 0 atom stereocenters. The van der Waals surface area contributed by atoms with Crippen molar-refractivity contribution in [1.29, 1.82) is 0 Å². The molecule has 0 bridgehead atoms. The first-order valence-corrected chi connectivity index (χ1v) is 5.66. The van der Waals surface area contributed by atoms with Crippen LogP contribution in [0.5, 0.6) is 5.75 Å². The van der Waals surface area contributed by atoms with Crippen LogP contribution >= 0.6 is 0 Å². The van der Waals surface area contributed by atoms with Crippen LogP contribution in [0.4, 0.5) is 5.69 Å². The predicted molar refractivity (Wildman–Crippen MR) is 68.6 cm³/mol. The van der Waals surface area contributed by atoms with Gasteiger partial charge in [0, 0.05) is 0 Å². The van der Waals surface area contributed by atoms with Gasteiger partial charge in [-0.15, -0.1) is 5.10 Å². The molecule has 0 saturated carbocycles. The van der Waals surface area contributed by atoms with E-state index in [0.29, 0.717) is 11.4 Å². The number of benzene rings is 1. The summed E-state index contributed by atoms with van der Waals surface area (Å²) >= 11 is 0. The third kappa shape index (κ3) is 3.10. The van der Waals surface area contributed by atoms with Gasteiger partial charge in [-0.3, -0.25) is 9.59 Å². The lowest BCUT2D eigenvalue weighted by molar-refractivity contribution is -0.137. The highest BCUT2D eigenvalue weighted by atomic mass is 16.5. The second kappa shape index (κ2) is 5.83. The van der Waals surface area contributed by atoms with Gasteiger partial charge in [0.25, 0.3) is 5.91 Å². The molecule has 0 radical (unpaired) electrons. The molecular weight excluding hydrogens is 264 g/mol. The van der Waals surface area contributed by atoms with E-state index in [0.717, 1.165) is 4.68 Å². The van der Waals surface area contributed by atoms with Crippen molar-refractivity contribution < 1.29 is 19.4 Å². The van der Waals surface area contributed by atoms with Crippen LogP contribution in [-0.4, -0.2) is 39.1 Å². The minimum absolute atomic E-state index is 0.0251. The summed E-state index contributed by atoms with van der Waals surface area (Å²) in [4.78, 5) is 22.5. The zero-order valence-corrected chi connectivity index (χ0v) is 10.6. The van der Waals surface area contributed by atoms with Crippen LogP contribution in [-0.2, 0) is 11.3 Å². The Balaban J connectivity index is 2.12. The summed E-state index contributed by atoms with van der Waals surface area (Å²) in [7, 11) is 1.49. The van der Waals surface area contributed by atoms with Crippen LogP contribution in [0, 0.1) is 0 Å². The highest BCUT2D eigenvalue weighted by Crippen LogP contribution is 2.23. The molecular formula is C12H12N4O4. The summed E-state index contributed by atoms with van der Waals surface area (Å²) in [5, 5.41) is 18.4. The van der Waals surface area contributed by atoms with Crippen LogP contribution in [0.15, 0.2) is 30.5 Å². The number of anilines is 1. The number of aliphatic carboxylic acids is 1. The number of amides is 1. The Morgan fingerprint density at radius 3 is 2.85 bits per heavy atom. The molecule has 2 aromatic rings. The molecule has 0 aliphatic carbocycles. The van der Waals surface area contributed by atoms with Gasteiger partial charge in [0.2, 0.25) is 0 Å². The average Bonchev–Trinajstić information content (AvgIpc) is 2.87. The van der Waals surface area contributed by atoms with Crippen molar-refractivity contribution in [2.45, 2.75) is 6.54 Å². The summed E-state index contributed by atoms with van der Waals surface area (Å²) in [6, 6.07) is 6.91. The Kier molecular flexibility index (Phi) is 3.94. The highest BCUT2D eigenvalue weighted by molar-refractivity contribution is 6.03. The Morgan fingerprint density at radius 1 is 1.40 bits per heavy atom. The molecule has 2 N–H and O–H groups in total. The first-order valence-electron chi connectivity index (χ1n) is 5.66. The van der Waals surface area contributed by atoms with E-state index in [2.05, 4.69) is 15.6 Å². The first-order chi connectivity index (χ1) is 9.60. The monoisotopic (exact) mass is 276 g/mol. The van der Waals surface area contributed by atoms with Gasteiger partial charge in [-0.05, 0) is 12.1 Å². The number of hydrogen-bond acceptors (Lipinski definition) is 5. The number of para-hydroxylation sites is 2. The van der Waals surface area contributed by atoms with Gasteiger partial charge in [0.15, 0.2) is 5.69 Å². The van der Waals surface area contributed by atoms with Gasteiger partial charge in [0.1, 0.15) is 12.3 Å². The molecule has 0 aliphatic heterocycles. The van der Waals surface area contributed by atoms with Crippen LogP contribution in [0.2, 0.25) is 0 Å². The van der Waals surface area contributed by atoms with Crippen LogP contribution in [0.1, 0.15) is 10.5 Å². The lowest BCUT2D eigenvalue weighted by atomic mass is 10.3. The molecule has 2 rings (SSSR count). The summed E-state index contributed by atoms with van der Waals surface area (Å²) < 4.78 is 6.18. The second-order valence-electron chi connectivity index (χ2n) is 3.85. The third-order valence-corrected chi connectivity index (χ3v) is 2.42. The number of carboxylic acids is 1. The van der Waals surface area contributed by atoms with Gasteiger partial charge in [0.05, 0.1) is 19.0 Å². The summed E-state index contributed by atoms with van der Waals surface area (Å²) in [5.74, 6) is -1.04. The van der Waals surface area contributed by atoms with E-state index in [1.165, 1.54) is 13.3 Å². The molecule has 1 aromatic carbocycles. The minimum atomic E-state index is -1.06. The molecule has 0 unspecified atom stereocenters. The van der Waals surface area contributed by atoms with Gasteiger partial charge in [-0.25, -0.2) is 4.68 Å². The second-order valence-corrected chi connectivity index (χ2v) is 3.85. The maximum Gasteiger partial charge on any atom is 0.325 e. The number of carbonyl (C=O) groups excluding carboxylic acids is 1. The van der Waals surface area contributed by atoms with Crippen LogP contribution in [0.3, 0.4) is 0 Å². The lowest BCUT2D eigenvalue weighted by Crippen LogP contribution is -2.13. The van der Waals surface area contributed by atoms with E-state index < -0.39 is 11.9 Å². The summed E-state index contributed by atoms with van der Waals surface area (Å²) in [6.07, 6.45) is 1.26. The van der Waals surface area contributed by atoms with Gasteiger partial charge in [-0.2, -0.15) is 0 Å². The maximum absolute atomic E-state index is 12.0. The molecule has 0 fully saturated rings. The minimum Gasteiger partial charge on any atom is -0.495 e. The fourth-order valence-corrected chi connectivity index (χ4v) is 1.55. The number of nitrogens with one attached hydrogen (secondary N) is 1. The Bertz CT molecular complexity index is 638. The number of ether oxygens (including phenoxy) is 1. The number of hydrogen-bond donors (Lipinski definition) is 2. The number of carboxylic acid groups (broad SMARTS) is 1. The van der Waals surface area contributed by atoms with Crippen LogP contribution < -0.4 is 10.1 Å². The molecule has 104 valence electrons. The third-order valence-electron chi connectivity index (χ3n) is 2.42. The number of methoxy groups -OCH3 is 1. The largest absolute Gasteiger partial charge is 0.495 e. The predicted octanol–water partition coefficient (Wildman–Crippen LogP) is 0.624. The molecule has 0 aliphatic rings. The van der Waals surface area contributed by atoms with Crippen molar-refractivity contribution in [2.24, 2.45) is 0 Å². The van der Waals surface area contributed by atoms with Gasteiger partial charge in [-0.1, -0.05) is 17.3 Å². The number of aromatic nitrogens is 3. The Morgan fingerprint density at radius 2 is 2.15 bits per heavy atom. The van der Waals surface area contributed by atoms with Crippen molar-refractivity contribution in [3.05, 3.63) is 36.2 Å². The first kappa shape index (κ1) is 13.5. The molecule has 1 aromatic heterocycles. The Labute approximate surface area is 114 Å². The summed E-state index contributed by atoms with van der Waals surface area (Å²) in [6.45, 7) is -0.352. The molecule has 8 heteroatoms. The number of carbonyl (C=O) groups is 2. The molecule has 0 saturated heterocycles. The number of nitrogens with zero attached hydrogens (tertiary/aromatic N) is 3. The van der Waals surface area contributed by atoms with Gasteiger partial charge >= 0.3 is 5.97 Å². The SMILES string of the molecule is COc1ccccc1NC(=O)c1cn(CC(=O)O)nn1. The summed E-state index contributed by atoms with van der Waals surface area (Å²) in [5.41, 5.74) is 0.518. The van der Waals surface area contributed by atoms with E-state index in [-0.39, 0.29) is 12.2 Å². The van der Waals surface area contributed by atoms with E-state index >= 15 is 0 Å². The fraction of sp³-hybridized carbons (Fsp3) is 0.167. The molecule has 8 nitrogen and oxygen atoms in total. The Hall–Kier alpha value is -2.90. The maximum atomic E-state index is 12.0. The molecule has 1 amide bonds. The van der Waals surface area contributed by atoms with E-state index in [4.69, 9.17) is 9.84 Å². The van der Waals surface area contributed by atoms with E-state index in [1.807, 2.05) is 0 Å². The van der Waals surface area contributed by atoms with Crippen molar-refractivity contribution in [3.63, 3.8) is 0 Å². The van der Waals surface area contributed by atoms with Crippen molar-refractivity contribution in [2.75, 3.05) is 12.4 Å². The smallest absolute Gasteiger partial charge is 0.325 e. The number of rotatable bonds is 5. The van der Waals surface area contributed by atoms with Crippen LogP contribution in [0.25, 0.3) is 0 Å². The zero-order chi connectivity index (χ0) is 14.5. The topological polar surface area (TPSA) is 106 Å². The molecule has 0 spiro atoms. The average molecular weight is 276 g/mol. The van der Waals surface area contributed by atoms with Crippen molar-refractivity contribution in [1.82, 2.24) is 15.0 Å².